The molecule has 1 aliphatic rings. The zero-order valence-corrected chi connectivity index (χ0v) is 15.8. The van der Waals surface area contributed by atoms with E-state index in [1.807, 2.05) is 6.92 Å². The molecule has 2 N–H and O–H groups in total. The maximum Gasteiger partial charge on any atom is 0.274 e. The molecular formula is C20H25N5O2. The van der Waals surface area contributed by atoms with Gasteiger partial charge in [0.2, 0.25) is 11.9 Å². The molecular weight excluding hydrogens is 342 g/mol. The number of carbonyl (C=O) groups is 2. The molecule has 2 amide bonds. The van der Waals surface area contributed by atoms with Crippen LogP contribution in [0.2, 0.25) is 0 Å². The summed E-state index contributed by atoms with van der Waals surface area (Å²) in [5, 5.41) is 5.55. The molecule has 7 nitrogen and oxygen atoms in total. The number of hydrogen-bond acceptors (Lipinski definition) is 5. The zero-order valence-electron chi connectivity index (χ0n) is 15.8. The Hall–Kier alpha value is -2.96. The van der Waals surface area contributed by atoms with Gasteiger partial charge in [-0.15, -0.1) is 0 Å². The van der Waals surface area contributed by atoms with Crippen molar-refractivity contribution in [2.24, 2.45) is 0 Å². The van der Waals surface area contributed by atoms with Gasteiger partial charge in [0, 0.05) is 37.1 Å². The molecule has 0 aliphatic carbocycles. The molecule has 1 aromatic carbocycles. The smallest absolute Gasteiger partial charge is 0.274 e. The molecule has 1 fully saturated rings. The minimum atomic E-state index is -0.295. The van der Waals surface area contributed by atoms with E-state index < -0.39 is 0 Å². The molecule has 1 aliphatic heterocycles. The fraction of sp³-hybridized carbons (Fsp3) is 0.400. The van der Waals surface area contributed by atoms with E-state index in [-0.39, 0.29) is 11.8 Å². The van der Waals surface area contributed by atoms with Crippen LogP contribution in [0.1, 0.15) is 48.8 Å². The molecule has 0 atom stereocenters. The Balaban J connectivity index is 1.77. The number of nitrogens with zero attached hydrogens (tertiary/aromatic N) is 3. The van der Waals surface area contributed by atoms with E-state index in [1.54, 1.807) is 30.3 Å². The fourth-order valence-corrected chi connectivity index (χ4v) is 3.15. The van der Waals surface area contributed by atoms with Gasteiger partial charge in [-0.25, -0.2) is 9.97 Å². The van der Waals surface area contributed by atoms with Crippen LogP contribution in [-0.4, -0.2) is 34.9 Å². The summed E-state index contributed by atoms with van der Waals surface area (Å²) < 4.78 is 0. The second-order valence-electron chi connectivity index (χ2n) is 6.81. The summed E-state index contributed by atoms with van der Waals surface area (Å²) in [4.78, 5) is 35.1. The van der Waals surface area contributed by atoms with E-state index in [2.05, 4.69) is 25.5 Å². The van der Waals surface area contributed by atoms with Crippen molar-refractivity contribution in [3.63, 3.8) is 0 Å². The van der Waals surface area contributed by atoms with Crippen LogP contribution in [0.25, 0.3) is 0 Å². The molecule has 1 aromatic heterocycles. The van der Waals surface area contributed by atoms with Gasteiger partial charge in [-0.05, 0) is 44.0 Å². The SMILES string of the molecule is CC(=O)Nc1cccc(NC(=O)c2cc(C)nc(N3CCCCCC3)n2)c1. The third-order valence-electron chi connectivity index (χ3n) is 4.40. The van der Waals surface area contributed by atoms with Gasteiger partial charge in [-0.1, -0.05) is 18.9 Å². The first-order valence-corrected chi connectivity index (χ1v) is 9.31. The van der Waals surface area contributed by atoms with Crippen molar-refractivity contribution in [2.45, 2.75) is 39.5 Å². The average molecular weight is 367 g/mol. The van der Waals surface area contributed by atoms with E-state index >= 15 is 0 Å². The second-order valence-corrected chi connectivity index (χ2v) is 6.81. The lowest BCUT2D eigenvalue weighted by atomic mass is 10.2. The van der Waals surface area contributed by atoms with E-state index in [1.165, 1.54) is 19.8 Å². The Bertz CT molecular complexity index is 829. The Morgan fingerprint density at radius 1 is 0.963 bits per heavy atom. The Morgan fingerprint density at radius 3 is 2.30 bits per heavy atom. The van der Waals surface area contributed by atoms with Crippen molar-refractivity contribution in [1.82, 2.24) is 9.97 Å². The normalized spacial score (nSPS) is 14.4. The fourth-order valence-electron chi connectivity index (χ4n) is 3.15. The average Bonchev–Trinajstić information content (AvgIpc) is 2.90. The molecule has 142 valence electrons. The second kappa shape index (κ2) is 8.62. The van der Waals surface area contributed by atoms with Gasteiger partial charge in [0.1, 0.15) is 5.69 Å². The van der Waals surface area contributed by atoms with Crippen molar-refractivity contribution >= 4 is 29.1 Å². The van der Waals surface area contributed by atoms with Crippen LogP contribution in [0.5, 0.6) is 0 Å². The number of aromatic nitrogens is 2. The van der Waals surface area contributed by atoms with Crippen molar-refractivity contribution in [1.29, 1.82) is 0 Å². The Labute approximate surface area is 159 Å². The monoisotopic (exact) mass is 367 g/mol. The van der Waals surface area contributed by atoms with Crippen molar-refractivity contribution in [3.8, 4) is 0 Å². The van der Waals surface area contributed by atoms with E-state index in [9.17, 15) is 9.59 Å². The van der Waals surface area contributed by atoms with Crippen LogP contribution in [0.15, 0.2) is 30.3 Å². The summed E-state index contributed by atoms with van der Waals surface area (Å²) in [6, 6.07) is 8.71. The van der Waals surface area contributed by atoms with Crippen molar-refractivity contribution in [3.05, 3.63) is 41.7 Å². The molecule has 3 rings (SSSR count). The predicted molar refractivity (Wildman–Crippen MR) is 106 cm³/mol. The third kappa shape index (κ3) is 5.26. The molecule has 0 bridgehead atoms. The number of amides is 2. The number of rotatable bonds is 4. The maximum atomic E-state index is 12.7. The van der Waals surface area contributed by atoms with Gasteiger partial charge >= 0.3 is 0 Å². The van der Waals surface area contributed by atoms with Gasteiger partial charge in [-0.3, -0.25) is 9.59 Å². The van der Waals surface area contributed by atoms with Crippen LogP contribution in [0.4, 0.5) is 17.3 Å². The van der Waals surface area contributed by atoms with Crippen molar-refractivity contribution in [2.75, 3.05) is 28.6 Å². The number of benzene rings is 1. The largest absolute Gasteiger partial charge is 0.341 e. The predicted octanol–water partition coefficient (Wildman–Crippen LogP) is 3.38. The van der Waals surface area contributed by atoms with Crippen LogP contribution in [0.3, 0.4) is 0 Å². The van der Waals surface area contributed by atoms with Gasteiger partial charge in [0.15, 0.2) is 0 Å². The lowest BCUT2D eigenvalue weighted by Gasteiger charge is -2.21. The third-order valence-corrected chi connectivity index (χ3v) is 4.40. The number of aryl methyl sites for hydroxylation is 1. The highest BCUT2D eigenvalue weighted by molar-refractivity contribution is 6.03. The number of hydrogen-bond donors (Lipinski definition) is 2. The molecule has 27 heavy (non-hydrogen) atoms. The molecule has 2 aromatic rings. The first kappa shape index (κ1) is 18.8. The Morgan fingerprint density at radius 2 is 1.63 bits per heavy atom. The minimum Gasteiger partial charge on any atom is -0.341 e. The van der Waals surface area contributed by atoms with Crippen LogP contribution in [-0.2, 0) is 4.79 Å². The summed E-state index contributed by atoms with van der Waals surface area (Å²) in [5.74, 6) is 0.164. The van der Waals surface area contributed by atoms with Gasteiger partial charge < -0.3 is 15.5 Å². The van der Waals surface area contributed by atoms with Crippen LogP contribution >= 0.6 is 0 Å². The highest BCUT2D eigenvalue weighted by Crippen LogP contribution is 2.19. The summed E-state index contributed by atoms with van der Waals surface area (Å²) in [5.41, 5.74) is 2.33. The standard InChI is InChI=1S/C20H25N5O2/c1-14-12-18(24-20(21-14)25-10-5-3-4-6-11-25)19(27)23-17-9-7-8-16(13-17)22-15(2)26/h7-9,12-13H,3-6,10-11H2,1-2H3,(H,22,26)(H,23,27). The first-order valence-electron chi connectivity index (χ1n) is 9.31. The molecule has 1 saturated heterocycles. The van der Waals surface area contributed by atoms with Crippen molar-refractivity contribution < 1.29 is 9.59 Å². The van der Waals surface area contributed by atoms with Crippen LogP contribution < -0.4 is 15.5 Å². The summed E-state index contributed by atoms with van der Waals surface area (Å²) in [7, 11) is 0. The molecule has 7 heteroatoms. The number of carbonyl (C=O) groups excluding carboxylic acids is 2. The van der Waals surface area contributed by atoms with Gasteiger partial charge in [0.05, 0.1) is 0 Å². The first-order chi connectivity index (χ1) is 13.0. The maximum absolute atomic E-state index is 12.7. The molecule has 0 spiro atoms. The summed E-state index contributed by atoms with van der Waals surface area (Å²) in [6.07, 6.45) is 4.68. The zero-order chi connectivity index (χ0) is 19.2. The molecule has 2 heterocycles. The van der Waals surface area contributed by atoms with Gasteiger partial charge in [0.25, 0.3) is 5.91 Å². The highest BCUT2D eigenvalue weighted by Gasteiger charge is 2.17. The van der Waals surface area contributed by atoms with E-state index in [0.29, 0.717) is 23.0 Å². The quantitative estimate of drug-likeness (QED) is 0.865. The Kier molecular flexibility index (Phi) is 6.01. The topological polar surface area (TPSA) is 87.2 Å². The number of nitrogens with one attached hydrogen (secondary N) is 2. The lowest BCUT2D eigenvalue weighted by molar-refractivity contribution is -0.114. The minimum absolute atomic E-state index is 0.160. The lowest BCUT2D eigenvalue weighted by Crippen LogP contribution is -2.27. The van der Waals surface area contributed by atoms with E-state index in [4.69, 9.17) is 0 Å². The van der Waals surface area contributed by atoms with E-state index in [0.717, 1.165) is 31.6 Å². The molecule has 0 unspecified atom stereocenters. The molecule has 0 radical (unpaired) electrons. The van der Waals surface area contributed by atoms with Crippen LogP contribution in [0, 0.1) is 6.92 Å². The highest BCUT2D eigenvalue weighted by atomic mass is 16.2. The number of anilines is 3. The summed E-state index contributed by atoms with van der Waals surface area (Å²) >= 11 is 0. The van der Waals surface area contributed by atoms with Gasteiger partial charge in [-0.2, -0.15) is 0 Å². The summed E-state index contributed by atoms with van der Waals surface area (Å²) in [6.45, 7) is 5.16. The molecule has 0 saturated carbocycles.